The number of anilines is 1. The predicted octanol–water partition coefficient (Wildman–Crippen LogP) is 5.68. The van der Waals surface area contributed by atoms with Crippen LogP contribution in [-0.2, 0) is 0 Å². The van der Waals surface area contributed by atoms with E-state index in [1.54, 1.807) is 11.3 Å². The molecule has 0 bridgehead atoms. The normalized spacial score (nSPS) is 10.9. The first-order chi connectivity index (χ1) is 12.5. The van der Waals surface area contributed by atoms with Gasteiger partial charge in [-0.15, -0.1) is 12.4 Å². The Morgan fingerprint density at radius 3 is 2.63 bits per heavy atom. The Morgan fingerprint density at radius 1 is 1.19 bits per heavy atom. The molecule has 4 nitrogen and oxygen atoms in total. The molecular weight excluding hydrogens is 561 g/mol. The molecule has 8 heteroatoms. The van der Waals surface area contributed by atoms with Crippen LogP contribution in [0.5, 0.6) is 0 Å². The van der Waals surface area contributed by atoms with Gasteiger partial charge in [-0.2, -0.15) is 0 Å². The van der Waals surface area contributed by atoms with Gasteiger partial charge in [-0.25, -0.2) is 4.98 Å². The molecule has 1 aromatic heterocycles. The molecule has 144 valence electrons. The molecule has 0 aliphatic heterocycles. The maximum atomic E-state index is 13.3. The van der Waals surface area contributed by atoms with Crippen molar-refractivity contribution in [2.75, 3.05) is 32.1 Å². The summed E-state index contributed by atoms with van der Waals surface area (Å²) in [5, 5.41) is 0.751. The molecule has 1 heterocycles. The van der Waals surface area contributed by atoms with Gasteiger partial charge >= 0.3 is 0 Å². The quantitative estimate of drug-likeness (QED) is 0.352. The van der Waals surface area contributed by atoms with Gasteiger partial charge in [0.25, 0.3) is 5.91 Å². The number of hydrogen-bond donors (Lipinski definition) is 0. The van der Waals surface area contributed by atoms with Crippen LogP contribution in [0.2, 0.25) is 0 Å². The zero-order valence-electron chi connectivity index (χ0n) is 15.0. The Hall–Kier alpha value is -0.740. The summed E-state index contributed by atoms with van der Waals surface area (Å²) in [7, 11) is 4.09. The van der Waals surface area contributed by atoms with Crippen molar-refractivity contribution in [1.82, 2.24) is 9.88 Å². The summed E-state index contributed by atoms with van der Waals surface area (Å²) in [4.78, 5) is 21.9. The van der Waals surface area contributed by atoms with Crippen molar-refractivity contribution >= 4 is 83.5 Å². The van der Waals surface area contributed by atoms with Crippen molar-refractivity contribution in [3.05, 3.63) is 56.1 Å². The third-order valence-electron chi connectivity index (χ3n) is 3.91. The summed E-state index contributed by atoms with van der Waals surface area (Å²) in [5.74, 6) is 0.00637. The van der Waals surface area contributed by atoms with E-state index in [0.29, 0.717) is 6.54 Å². The van der Waals surface area contributed by atoms with Crippen LogP contribution >= 0.6 is 62.3 Å². The number of carbonyl (C=O) groups is 1. The highest BCUT2D eigenvalue weighted by Gasteiger charge is 2.22. The van der Waals surface area contributed by atoms with Crippen molar-refractivity contribution in [2.24, 2.45) is 0 Å². The molecule has 0 radical (unpaired) electrons. The summed E-state index contributed by atoms with van der Waals surface area (Å²) in [5.41, 5.74) is 1.64. The molecule has 0 atom stereocenters. The summed E-state index contributed by atoms with van der Waals surface area (Å²) < 4.78 is 3.04. The minimum absolute atomic E-state index is 0. The minimum atomic E-state index is 0. The van der Waals surface area contributed by atoms with Crippen LogP contribution < -0.4 is 4.90 Å². The topological polar surface area (TPSA) is 36.4 Å². The van der Waals surface area contributed by atoms with E-state index in [2.05, 4.69) is 43.4 Å². The highest BCUT2D eigenvalue weighted by molar-refractivity contribution is 14.1. The average molecular weight is 581 g/mol. The van der Waals surface area contributed by atoms with Crippen molar-refractivity contribution < 1.29 is 4.79 Å². The van der Waals surface area contributed by atoms with Gasteiger partial charge in [-0.05, 0) is 80.0 Å². The highest BCUT2D eigenvalue weighted by atomic mass is 127. The van der Waals surface area contributed by atoms with E-state index >= 15 is 0 Å². The van der Waals surface area contributed by atoms with Crippen LogP contribution in [0.25, 0.3) is 10.2 Å². The zero-order valence-corrected chi connectivity index (χ0v) is 20.4. The van der Waals surface area contributed by atoms with Crippen molar-refractivity contribution in [3.63, 3.8) is 0 Å². The molecular formula is C19H20BrClIN3OS. The van der Waals surface area contributed by atoms with Crippen LogP contribution in [-0.4, -0.2) is 43.0 Å². The SMILES string of the molecule is CN(C)CCCN(C(=O)c1ccccc1I)c1nc2ccc(Br)cc2s1.Cl. The molecule has 0 saturated carbocycles. The number of nitrogens with zero attached hydrogens (tertiary/aromatic N) is 3. The van der Waals surface area contributed by atoms with Gasteiger partial charge in [-0.1, -0.05) is 39.4 Å². The second-order valence-corrected chi connectivity index (χ2v) is 9.29. The van der Waals surface area contributed by atoms with Crippen LogP contribution in [0.3, 0.4) is 0 Å². The van der Waals surface area contributed by atoms with Gasteiger partial charge in [0, 0.05) is 14.6 Å². The molecule has 1 amide bonds. The number of halogens is 3. The fourth-order valence-corrected chi connectivity index (χ4v) is 4.77. The molecule has 3 aromatic rings. The lowest BCUT2D eigenvalue weighted by atomic mass is 10.2. The minimum Gasteiger partial charge on any atom is -0.309 e. The molecule has 0 aliphatic carbocycles. The fourth-order valence-electron chi connectivity index (χ4n) is 2.61. The van der Waals surface area contributed by atoms with Gasteiger partial charge < -0.3 is 4.90 Å². The molecule has 27 heavy (non-hydrogen) atoms. The maximum absolute atomic E-state index is 13.3. The number of thiazole rings is 1. The molecule has 3 rings (SSSR count). The summed E-state index contributed by atoms with van der Waals surface area (Å²) in [6, 6.07) is 13.7. The second-order valence-electron chi connectivity index (χ2n) is 6.20. The number of benzene rings is 2. The molecule has 0 saturated heterocycles. The zero-order chi connectivity index (χ0) is 18.7. The van der Waals surface area contributed by atoms with E-state index in [9.17, 15) is 4.79 Å². The van der Waals surface area contributed by atoms with Gasteiger partial charge in [0.2, 0.25) is 0 Å². The van der Waals surface area contributed by atoms with Crippen molar-refractivity contribution in [3.8, 4) is 0 Å². The number of amides is 1. The van der Waals surface area contributed by atoms with Crippen LogP contribution in [0, 0.1) is 3.57 Å². The third kappa shape index (κ3) is 5.63. The van der Waals surface area contributed by atoms with Crippen LogP contribution in [0.15, 0.2) is 46.9 Å². The summed E-state index contributed by atoms with van der Waals surface area (Å²) in [6.07, 6.45) is 0.891. The van der Waals surface area contributed by atoms with E-state index < -0.39 is 0 Å². The summed E-state index contributed by atoms with van der Waals surface area (Å²) >= 11 is 7.28. The molecule has 0 unspecified atom stereocenters. The van der Waals surface area contributed by atoms with Gasteiger partial charge in [0.15, 0.2) is 5.13 Å². The fraction of sp³-hybridized carbons (Fsp3) is 0.263. The lowest BCUT2D eigenvalue weighted by Crippen LogP contribution is -2.33. The molecule has 0 fully saturated rings. The lowest BCUT2D eigenvalue weighted by molar-refractivity contribution is 0.0985. The number of carbonyl (C=O) groups excluding carboxylic acids is 1. The van der Waals surface area contributed by atoms with Crippen LogP contribution in [0.4, 0.5) is 5.13 Å². The number of aromatic nitrogens is 1. The van der Waals surface area contributed by atoms with E-state index in [0.717, 1.165) is 41.9 Å². The first-order valence-corrected chi connectivity index (χ1v) is 10.9. The van der Waals surface area contributed by atoms with Crippen molar-refractivity contribution in [1.29, 1.82) is 0 Å². The number of fused-ring (bicyclic) bond motifs is 1. The predicted molar refractivity (Wildman–Crippen MR) is 129 cm³/mol. The van der Waals surface area contributed by atoms with Gasteiger partial charge in [-0.3, -0.25) is 9.69 Å². The first-order valence-electron chi connectivity index (χ1n) is 8.23. The smallest absolute Gasteiger partial charge is 0.261 e. The molecule has 0 aliphatic rings. The maximum Gasteiger partial charge on any atom is 0.261 e. The Balaban J connectivity index is 0.00000261. The van der Waals surface area contributed by atoms with Crippen molar-refractivity contribution in [2.45, 2.75) is 6.42 Å². The first kappa shape index (κ1) is 22.5. The Kier molecular flexibility index (Phi) is 8.48. The Morgan fingerprint density at radius 2 is 1.93 bits per heavy atom. The lowest BCUT2D eigenvalue weighted by Gasteiger charge is -2.21. The van der Waals surface area contributed by atoms with Crippen LogP contribution in [0.1, 0.15) is 16.8 Å². The van der Waals surface area contributed by atoms with E-state index in [-0.39, 0.29) is 18.3 Å². The monoisotopic (exact) mass is 579 g/mol. The second kappa shape index (κ2) is 10.2. The van der Waals surface area contributed by atoms with Gasteiger partial charge in [0.05, 0.1) is 15.8 Å². The molecule has 0 N–H and O–H groups in total. The number of hydrogen-bond acceptors (Lipinski definition) is 4. The van der Waals surface area contributed by atoms with Gasteiger partial charge in [0.1, 0.15) is 0 Å². The highest BCUT2D eigenvalue weighted by Crippen LogP contribution is 2.32. The average Bonchev–Trinajstić information content (AvgIpc) is 3.01. The largest absolute Gasteiger partial charge is 0.309 e. The standard InChI is InChI=1S/C19H19BrIN3OS.ClH/c1-23(2)10-5-11-24(18(25)14-6-3-4-7-15(14)21)19-22-16-9-8-13(20)12-17(16)26-19;/h3-4,6-9,12H,5,10-11H2,1-2H3;1H. The third-order valence-corrected chi connectivity index (χ3v) is 6.38. The molecule has 0 spiro atoms. The molecule has 2 aromatic carbocycles. The van der Waals surface area contributed by atoms with E-state index in [1.807, 2.05) is 61.5 Å². The van der Waals surface area contributed by atoms with E-state index in [4.69, 9.17) is 4.98 Å². The Labute approximate surface area is 191 Å². The van der Waals surface area contributed by atoms with E-state index in [1.165, 1.54) is 0 Å². The number of rotatable bonds is 6. The summed E-state index contributed by atoms with van der Waals surface area (Å²) in [6.45, 7) is 1.56. The Bertz CT molecular complexity index is 934.